The molecule has 0 aromatic carbocycles. The van der Waals surface area contributed by atoms with Gasteiger partial charge in [0, 0.05) is 0 Å². The lowest BCUT2D eigenvalue weighted by Gasteiger charge is -2.14. The standard InChI is InChI=1S/C13H27NO2/c1-4-5-6-7-8-9-10-11-14(2)12-13(15)16-3/h4-12H2,1-3H3. The first-order valence-electron chi connectivity index (χ1n) is 6.46. The zero-order valence-electron chi connectivity index (χ0n) is 11.1. The van der Waals surface area contributed by atoms with Crippen LogP contribution in [0.15, 0.2) is 0 Å². The van der Waals surface area contributed by atoms with Crippen LogP contribution in [0.2, 0.25) is 0 Å². The number of carbonyl (C=O) groups is 1. The molecule has 96 valence electrons. The van der Waals surface area contributed by atoms with E-state index < -0.39 is 0 Å². The summed E-state index contributed by atoms with van der Waals surface area (Å²) in [4.78, 5) is 13.0. The van der Waals surface area contributed by atoms with Crippen LogP contribution in [0.3, 0.4) is 0 Å². The molecule has 0 fully saturated rings. The van der Waals surface area contributed by atoms with E-state index in [2.05, 4.69) is 11.7 Å². The Bertz CT molecular complexity index is 171. The number of ether oxygens (including phenoxy) is 1. The number of hydrogen-bond acceptors (Lipinski definition) is 3. The third-order valence-corrected chi connectivity index (χ3v) is 2.77. The monoisotopic (exact) mass is 229 g/mol. The minimum Gasteiger partial charge on any atom is -0.468 e. The molecule has 3 nitrogen and oxygen atoms in total. The van der Waals surface area contributed by atoms with E-state index in [0.29, 0.717) is 6.54 Å². The van der Waals surface area contributed by atoms with E-state index >= 15 is 0 Å². The Morgan fingerprint density at radius 1 is 1.06 bits per heavy atom. The Hall–Kier alpha value is -0.570. The van der Waals surface area contributed by atoms with Crippen LogP contribution in [0, 0.1) is 0 Å². The third kappa shape index (κ3) is 9.97. The average molecular weight is 229 g/mol. The maximum Gasteiger partial charge on any atom is 0.319 e. The van der Waals surface area contributed by atoms with Crippen molar-refractivity contribution in [2.24, 2.45) is 0 Å². The van der Waals surface area contributed by atoms with Crippen molar-refractivity contribution in [2.45, 2.75) is 51.9 Å². The van der Waals surface area contributed by atoms with Gasteiger partial charge in [0.1, 0.15) is 0 Å². The maximum atomic E-state index is 11.0. The molecular weight excluding hydrogens is 202 g/mol. The minimum atomic E-state index is -0.148. The van der Waals surface area contributed by atoms with Gasteiger partial charge in [-0.05, 0) is 20.0 Å². The summed E-state index contributed by atoms with van der Waals surface area (Å²) >= 11 is 0. The Labute approximate surface area is 100 Å². The van der Waals surface area contributed by atoms with Gasteiger partial charge in [-0.1, -0.05) is 45.4 Å². The highest BCUT2D eigenvalue weighted by Crippen LogP contribution is 2.07. The van der Waals surface area contributed by atoms with Crippen LogP contribution in [0.1, 0.15) is 51.9 Å². The summed E-state index contributed by atoms with van der Waals surface area (Å²) in [6.07, 6.45) is 9.17. The van der Waals surface area contributed by atoms with E-state index in [1.165, 1.54) is 52.1 Å². The van der Waals surface area contributed by atoms with Crippen LogP contribution in [0.5, 0.6) is 0 Å². The van der Waals surface area contributed by atoms with Gasteiger partial charge in [0.25, 0.3) is 0 Å². The van der Waals surface area contributed by atoms with Crippen molar-refractivity contribution in [3.8, 4) is 0 Å². The van der Waals surface area contributed by atoms with Crippen molar-refractivity contribution in [3.05, 3.63) is 0 Å². The second-order valence-electron chi connectivity index (χ2n) is 4.44. The molecule has 0 saturated carbocycles. The topological polar surface area (TPSA) is 29.5 Å². The quantitative estimate of drug-likeness (QED) is 0.426. The summed E-state index contributed by atoms with van der Waals surface area (Å²) in [6, 6.07) is 0. The van der Waals surface area contributed by atoms with E-state index in [9.17, 15) is 4.79 Å². The van der Waals surface area contributed by atoms with Gasteiger partial charge >= 0.3 is 5.97 Å². The van der Waals surface area contributed by atoms with Crippen molar-refractivity contribution < 1.29 is 9.53 Å². The number of unbranched alkanes of at least 4 members (excludes halogenated alkanes) is 6. The minimum absolute atomic E-state index is 0.148. The van der Waals surface area contributed by atoms with Crippen molar-refractivity contribution in [1.29, 1.82) is 0 Å². The number of rotatable bonds is 10. The third-order valence-electron chi connectivity index (χ3n) is 2.77. The Kier molecular flexibility index (Phi) is 10.5. The highest BCUT2D eigenvalue weighted by atomic mass is 16.5. The molecule has 0 aliphatic rings. The largest absolute Gasteiger partial charge is 0.468 e. The van der Waals surface area contributed by atoms with Gasteiger partial charge in [-0.2, -0.15) is 0 Å². The first-order chi connectivity index (χ1) is 7.70. The number of likely N-dealkylation sites (N-methyl/N-ethyl adjacent to an activating group) is 1. The van der Waals surface area contributed by atoms with Crippen molar-refractivity contribution in [2.75, 3.05) is 27.2 Å². The van der Waals surface area contributed by atoms with Crippen LogP contribution >= 0.6 is 0 Å². The van der Waals surface area contributed by atoms with Crippen LogP contribution in [0.25, 0.3) is 0 Å². The Balaban J connectivity index is 3.21. The second kappa shape index (κ2) is 10.9. The SMILES string of the molecule is CCCCCCCCCN(C)CC(=O)OC. The van der Waals surface area contributed by atoms with Crippen molar-refractivity contribution in [1.82, 2.24) is 4.90 Å². The molecule has 0 N–H and O–H groups in total. The molecule has 0 saturated heterocycles. The summed E-state index contributed by atoms with van der Waals surface area (Å²) in [5, 5.41) is 0. The molecule has 16 heavy (non-hydrogen) atoms. The number of hydrogen-bond donors (Lipinski definition) is 0. The van der Waals surface area contributed by atoms with Gasteiger partial charge in [-0.25, -0.2) is 0 Å². The molecule has 0 spiro atoms. The number of methoxy groups -OCH3 is 1. The van der Waals surface area contributed by atoms with E-state index in [1.807, 2.05) is 11.9 Å². The van der Waals surface area contributed by atoms with Crippen LogP contribution in [0.4, 0.5) is 0 Å². The molecule has 0 heterocycles. The molecule has 0 radical (unpaired) electrons. The lowest BCUT2D eigenvalue weighted by molar-refractivity contribution is -0.141. The molecule has 0 aromatic heterocycles. The smallest absolute Gasteiger partial charge is 0.319 e. The van der Waals surface area contributed by atoms with E-state index in [-0.39, 0.29) is 5.97 Å². The Morgan fingerprint density at radius 2 is 1.62 bits per heavy atom. The second-order valence-corrected chi connectivity index (χ2v) is 4.44. The predicted molar refractivity (Wildman–Crippen MR) is 67.5 cm³/mol. The molecule has 0 aliphatic heterocycles. The summed E-state index contributed by atoms with van der Waals surface area (Å²) in [7, 11) is 3.40. The van der Waals surface area contributed by atoms with Crippen molar-refractivity contribution >= 4 is 5.97 Å². The molecule has 0 amide bonds. The van der Waals surface area contributed by atoms with Gasteiger partial charge in [-0.3, -0.25) is 9.69 Å². The van der Waals surface area contributed by atoms with Crippen LogP contribution in [-0.2, 0) is 9.53 Å². The normalized spacial score (nSPS) is 10.8. The molecule has 0 aliphatic carbocycles. The van der Waals surface area contributed by atoms with Gasteiger partial charge in [0.2, 0.25) is 0 Å². The number of nitrogens with zero attached hydrogens (tertiary/aromatic N) is 1. The van der Waals surface area contributed by atoms with Crippen LogP contribution < -0.4 is 0 Å². The molecule has 0 unspecified atom stereocenters. The first kappa shape index (κ1) is 15.4. The average Bonchev–Trinajstić information content (AvgIpc) is 2.27. The molecule has 3 heteroatoms. The maximum absolute atomic E-state index is 11.0. The first-order valence-corrected chi connectivity index (χ1v) is 6.46. The lowest BCUT2D eigenvalue weighted by atomic mass is 10.1. The fraction of sp³-hybridized carbons (Fsp3) is 0.923. The van der Waals surface area contributed by atoms with Gasteiger partial charge in [-0.15, -0.1) is 0 Å². The highest BCUT2D eigenvalue weighted by Gasteiger charge is 2.04. The molecular formula is C13H27NO2. The summed E-state index contributed by atoms with van der Waals surface area (Å²) in [6.45, 7) is 3.64. The van der Waals surface area contributed by atoms with Crippen LogP contribution in [-0.4, -0.2) is 38.1 Å². The summed E-state index contributed by atoms with van der Waals surface area (Å²) in [5.74, 6) is -0.148. The zero-order valence-corrected chi connectivity index (χ0v) is 11.1. The summed E-state index contributed by atoms with van der Waals surface area (Å²) in [5.41, 5.74) is 0. The zero-order chi connectivity index (χ0) is 12.2. The molecule has 0 atom stereocenters. The van der Waals surface area contributed by atoms with E-state index in [0.717, 1.165) is 6.54 Å². The van der Waals surface area contributed by atoms with E-state index in [4.69, 9.17) is 0 Å². The number of carbonyl (C=O) groups excluding carboxylic acids is 1. The lowest BCUT2D eigenvalue weighted by Crippen LogP contribution is -2.27. The Morgan fingerprint density at radius 3 is 2.19 bits per heavy atom. The predicted octanol–water partition coefficient (Wildman–Crippen LogP) is 2.84. The number of esters is 1. The van der Waals surface area contributed by atoms with Gasteiger partial charge in [0.05, 0.1) is 13.7 Å². The van der Waals surface area contributed by atoms with Crippen molar-refractivity contribution in [3.63, 3.8) is 0 Å². The fourth-order valence-corrected chi connectivity index (χ4v) is 1.70. The summed E-state index contributed by atoms with van der Waals surface area (Å²) < 4.78 is 4.61. The van der Waals surface area contributed by atoms with E-state index in [1.54, 1.807) is 0 Å². The molecule has 0 rings (SSSR count). The molecule has 0 bridgehead atoms. The fourth-order valence-electron chi connectivity index (χ4n) is 1.70. The van der Waals surface area contributed by atoms with Gasteiger partial charge < -0.3 is 4.74 Å². The van der Waals surface area contributed by atoms with Gasteiger partial charge in [0.15, 0.2) is 0 Å². The highest BCUT2D eigenvalue weighted by molar-refractivity contribution is 5.71. The molecule has 0 aromatic rings.